The van der Waals surface area contributed by atoms with Gasteiger partial charge < -0.3 is 14.7 Å². The first-order chi connectivity index (χ1) is 23.1. The second-order valence-corrected chi connectivity index (χ2v) is 16.7. The standard InChI is InChI=1S/C37H49FN6O3S/c1-37(2,3)16-22-43-34(46)30(23-31(45)42-20-14-26(15-21-42)44-29-11-6-17-39-33(29)40-36(44)47)48-35(43)27-9-5-10-28(38)32(27)24-12-18-41(19-13-24)25-7-4-8-25/h5-6,9-11,17,24-26,30,35H,4,7-8,12-16,18-23H2,1-3H3,(H,39,40,47)/t30-,35-/m0/s1. The highest BCUT2D eigenvalue weighted by Gasteiger charge is 2.44. The van der Waals surface area contributed by atoms with Crippen molar-refractivity contribution in [1.82, 2.24) is 29.2 Å². The van der Waals surface area contributed by atoms with Crippen molar-refractivity contribution < 1.29 is 14.0 Å². The van der Waals surface area contributed by atoms with Gasteiger partial charge in [0.05, 0.1) is 10.8 Å². The van der Waals surface area contributed by atoms with Crippen LogP contribution in [0.5, 0.6) is 0 Å². The lowest BCUT2D eigenvalue weighted by atomic mass is 9.83. The van der Waals surface area contributed by atoms with Crippen molar-refractivity contribution in [1.29, 1.82) is 0 Å². The first kappa shape index (κ1) is 33.3. The molecule has 3 saturated heterocycles. The van der Waals surface area contributed by atoms with E-state index in [0.29, 0.717) is 44.2 Å². The van der Waals surface area contributed by atoms with Crippen LogP contribution in [0.4, 0.5) is 4.39 Å². The van der Waals surface area contributed by atoms with Crippen molar-refractivity contribution >= 4 is 34.7 Å². The van der Waals surface area contributed by atoms with E-state index in [2.05, 4.69) is 35.6 Å². The second kappa shape index (κ2) is 13.6. The number of hydrogen-bond acceptors (Lipinski definition) is 6. The number of carbonyl (C=O) groups is 2. The van der Waals surface area contributed by atoms with Gasteiger partial charge >= 0.3 is 5.69 Å². The molecule has 0 bridgehead atoms. The normalized spacial score (nSPS) is 23.7. The van der Waals surface area contributed by atoms with E-state index in [9.17, 15) is 14.4 Å². The number of hydrogen-bond donors (Lipinski definition) is 1. The van der Waals surface area contributed by atoms with Crippen molar-refractivity contribution in [2.45, 2.75) is 107 Å². The monoisotopic (exact) mass is 676 g/mol. The van der Waals surface area contributed by atoms with Crippen molar-refractivity contribution in [3.05, 3.63) is 64.0 Å². The molecular formula is C37H49FN6O3S. The number of amides is 2. The molecule has 1 aliphatic carbocycles. The molecule has 5 heterocycles. The molecule has 0 radical (unpaired) electrons. The summed E-state index contributed by atoms with van der Waals surface area (Å²) in [6, 6.07) is 9.76. The maximum absolute atomic E-state index is 15.8. The van der Waals surface area contributed by atoms with Gasteiger partial charge in [-0.3, -0.25) is 19.1 Å². The van der Waals surface area contributed by atoms with Gasteiger partial charge in [-0.05, 0) is 98.7 Å². The number of rotatable bonds is 8. The highest BCUT2D eigenvalue weighted by Crippen LogP contribution is 2.49. The summed E-state index contributed by atoms with van der Waals surface area (Å²) in [5.74, 6) is -0.108. The van der Waals surface area contributed by atoms with E-state index in [-0.39, 0.29) is 52.5 Å². The van der Waals surface area contributed by atoms with Crippen molar-refractivity contribution in [3.63, 3.8) is 0 Å². The third-order valence-electron chi connectivity index (χ3n) is 11.2. The average Bonchev–Trinajstić information content (AvgIpc) is 3.54. The van der Waals surface area contributed by atoms with E-state index in [0.717, 1.165) is 49.0 Å². The first-order valence-corrected chi connectivity index (χ1v) is 18.8. The molecule has 4 aliphatic rings. The van der Waals surface area contributed by atoms with Crippen LogP contribution in [0.15, 0.2) is 41.3 Å². The Morgan fingerprint density at radius 1 is 0.979 bits per heavy atom. The fourth-order valence-electron chi connectivity index (χ4n) is 8.13. The molecule has 3 aromatic rings. The van der Waals surface area contributed by atoms with E-state index in [1.54, 1.807) is 22.9 Å². The molecule has 48 heavy (non-hydrogen) atoms. The Bertz CT molecular complexity index is 1700. The topological polar surface area (TPSA) is 94.5 Å². The zero-order chi connectivity index (χ0) is 33.6. The molecule has 3 aliphatic heterocycles. The summed E-state index contributed by atoms with van der Waals surface area (Å²) in [7, 11) is 0. The lowest BCUT2D eigenvalue weighted by molar-refractivity contribution is -0.136. The molecule has 2 amide bonds. The Morgan fingerprint density at radius 2 is 1.73 bits per heavy atom. The lowest BCUT2D eigenvalue weighted by Gasteiger charge is -2.42. The minimum atomic E-state index is -0.515. The molecule has 4 fully saturated rings. The summed E-state index contributed by atoms with van der Waals surface area (Å²) >= 11 is 1.53. The lowest BCUT2D eigenvalue weighted by Crippen LogP contribution is -2.44. The van der Waals surface area contributed by atoms with Crippen LogP contribution in [0, 0.1) is 11.2 Å². The molecule has 1 saturated carbocycles. The van der Waals surface area contributed by atoms with Gasteiger partial charge in [0.15, 0.2) is 5.65 Å². The van der Waals surface area contributed by atoms with Crippen LogP contribution >= 0.6 is 11.8 Å². The smallest absolute Gasteiger partial charge is 0.327 e. The van der Waals surface area contributed by atoms with Crippen LogP contribution in [-0.2, 0) is 9.59 Å². The predicted molar refractivity (Wildman–Crippen MR) is 187 cm³/mol. The van der Waals surface area contributed by atoms with Crippen LogP contribution in [0.25, 0.3) is 11.2 Å². The van der Waals surface area contributed by atoms with Crippen molar-refractivity contribution in [2.24, 2.45) is 5.41 Å². The van der Waals surface area contributed by atoms with Gasteiger partial charge in [0.2, 0.25) is 11.8 Å². The van der Waals surface area contributed by atoms with Gasteiger partial charge in [-0.2, -0.15) is 0 Å². The quantitative estimate of drug-likeness (QED) is 0.304. The zero-order valence-corrected chi connectivity index (χ0v) is 29.3. The number of nitrogens with zero attached hydrogens (tertiary/aromatic N) is 5. The number of imidazole rings is 1. The first-order valence-electron chi connectivity index (χ1n) is 17.9. The number of aromatic nitrogens is 3. The minimum Gasteiger partial charge on any atom is -0.342 e. The second-order valence-electron chi connectivity index (χ2n) is 15.4. The number of fused-ring (bicyclic) bond motifs is 1. The highest BCUT2D eigenvalue weighted by atomic mass is 32.2. The fourth-order valence-corrected chi connectivity index (χ4v) is 9.64. The number of aromatic amines is 1. The largest absolute Gasteiger partial charge is 0.342 e. The molecule has 9 nitrogen and oxygen atoms in total. The van der Waals surface area contributed by atoms with Gasteiger partial charge in [-0.15, -0.1) is 11.8 Å². The van der Waals surface area contributed by atoms with E-state index < -0.39 is 5.25 Å². The number of halogens is 1. The Morgan fingerprint density at radius 3 is 2.42 bits per heavy atom. The summed E-state index contributed by atoms with van der Waals surface area (Å²) < 4.78 is 17.6. The van der Waals surface area contributed by atoms with E-state index in [4.69, 9.17) is 0 Å². The molecule has 11 heteroatoms. The Balaban J connectivity index is 1.06. The zero-order valence-electron chi connectivity index (χ0n) is 28.5. The molecule has 7 rings (SSSR count). The summed E-state index contributed by atoms with van der Waals surface area (Å²) in [4.78, 5) is 54.0. The number of carbonyl (C=O) groups excluding carboxylic acids is 2. The Labute approximate surface area is 286 Å². The molecule has 1 N–H and O–H groups in total. The maximum Gasteiger partial charge on any atom is 0.327 e. The van der Waals surface area contributed by atoms with Crippen molar-refractivity contribution in [2.75, 3.05) is 32.7 Å². The number of thioether (sulfide) groups is 1. The summed E-state index contributed by atoms with van der Waals surface area (Å²) in [5.41, 5.74) is 2.87. The predicted octanol–water partition coefficient (Wildman–Crippen LogP) is 6.23. The van der Waals surface area contributed by atoms with Crippen LogP contribution in [-0.4, -0.2) is 85.1 Å². The molecule has 0 spiro atoms. The molecule has 2 atom stereocenters. The van der Waals surface area contributed by atoms with Gasteiger partial charge in [0.1, 0.15) is 11.2 Å². The fraction of sp³-hybridized carbons (Fsp3) is 0.622. The average molecular weight is 677 g/mol. The third-order valence-corrected chi connectivity index (χ3v) is 12.6. The molecule has 2 aromatic heterocycles. The number of pyridine rings is 1. The summed E-state index contributed by atoms with van der Waals surface area (Å²) in [5, 5.41) is -0.833. The van der Waals surface area contributed by atoms with Gasteiger partial charge in [0, 0.05) is 44.3 Å². The number of H-pyrrole nitrogens is 1. The van der Waals surface area contributed by atoms with Gasteiger partial charge in [0.25, 0.3) is 0 Å². The summed E-state index contributed by atoms with van der Waals surface area (Å²) in [6.07, 6.45) is 9.64. The van der Waals surface area contributed by atoms with Crippen LogP contribution in [0.2, 0.25) is 0 Å². The molecule has 258 valence electrons. The van der Waals surface area contributed by atoms with Crippen LogP contribution < -0.4 is 5.69 Å². The van der Waals surface area contributed by atoms with Crippen LogP contribution in [0.1, 0.15) is 107 Å². The Hall–Kier alpha value is -3.18. The molecule has 0 unspecified atom stereocenters. The third kappa shape index (κ3) is 6.69. The number of likely N-dealkylation sites (tertiary alicyclic amines) is 2. The minimum absolute atomic E-state index is 0.0220. The SMILES string of the molecule is CC(C)(C)CCN1C(=O)[C@H](CC(=O)N2CCC(n3c(=O)[nH]c4ncccc43)CC2)S[C@H]1c1cccc(F)c1C1CCN(C2CCC2)CC1. The van der Waals surface area contributed by atoms with Gasteiger partial charge in [-0.25, -0.2) is 14.2 Å². The Kier molecular flexibility index (Phi) is 9.45. The number of benzene rings is 1. The molecule has 1 aromatic carbocycles. The summed E-state index contributed by atoms with van der Waals surface area (Å²) in [6.45, 7) is 10.1. The van der Waals surface area contributed by atoms with Crippen molar-refractivity contribution in [3.8, 4) is 0 Å². The van der Waals surface area contributed by atoms with E-state index in [1.165, 1.54) is 31.0 Å². The van der Waals surface area contributed by atoms with E-state index in [1.807, 2.05) is 28.0 Å². The van der Waals surface area contributed by atoms with Gasteiger partial charge in [-0.1, -0.05) is 39.3 Å². The van der Waals surface area contributed by atoms with Crippen LogP contribution in [0.3, 0.4) is 0 Å². The van der Waals surface area contributed by atoms with E-state index >= 15 is 4.39 Å². The number of piperidine rings is 2. The number of nitrogens with one attached hydrogen (secondary N) is 1. The highest BCUT2D eigenvalue weighted by molar-refractivity contribution is 8.01. The molecular weight excluding hydrogens is 628 g/mol. The maximum atomic E-state index is 15.8.